The second kappa shape index (κ2) is 10.5. The van der Waals surface area contributed by atoms with Crippen LogP contribution in [0.25, 0.3) is 11.1 Å². The van der Waals surface area contributed by atoms with E-state index in [1.165, 1.54) is 4.90 Å². The number of amides is 2. The first-order valence-electron chi connectivity index (χ1n) is 11.2. The van der Waals surface area contributed by atoms with E-state index in [9.17, 15) is 27.6 Å². The van der Waals surface area contributed by atoms with Crippen molar-refractivity contribution < 1.29 is 27.6 Å². The van der Waals surface area contributed by atoms with E-state index in [4.69, 9.17) is 0 Å². The van der Waals surface area contributed by atoms with Crippen LogP contribution >= 0.6 is 0 Å². The van der Waals surface area contributed by atoms with Gasteiger partial charge in [0.2, 0.25) is 5.91 Å². The number of halogens is 3. The van der Waals surface area contributed by atoms with Gasteiger partial charge in [-0.2, -0.15) is 0 Å². The Hall–Kier alpha value is -3.94. The van der Waals surface area contributed by atoms with Gasteiger partial charge in [-0.1, -0.05) is 54.6 Å². The molecule has 0 aliphatic carbocycles. The van der Waals surface area contributed by atoms with Crippen molar-refractivity contribution in [1.29, 1.82) is 0 Å². The lowest BCUT2D eigenvalue weighted by Gasteiger charge is -2.35. The molecule has 0 N–H and O–H groups in total. The number of benzene rings is 3. The minimum atomic E-state index is -1.63. The molecule has 5 nitrogen and oxygen atoms in total. The van der Waals surface area contributed by atoms with E-state index in [1.54, 1.807) is 17.0 Å². The largest absolute Gasteiger partial charge is 0.339 e. The Bertz CT molecular complexity index is 1220. The Kier molecular flexibility index (Phi) is 7.29. The van der Waals surface area contributed by atoms with Crippen molar-refractivity contribution >= 4 is 17.6 Å². The molecule has 0 unspecified atom stereocenters. The number of carbonyl (C=O) groups excluding carboxylic acids is 3. The quantitative estimate of drug-likeness (QED) is 0.379. The molecule has 0 aromatic heterocycles. The van der Waals surface area contributed by atoms with Gasteiger partial charge in [0.1, 0.15) is 0 Å². The summed E-state index contributed by atoms with van der Waals surface area (Å²) in [6.07, 6.45) is 0.110. The molecule has 1 heterocycles. The number of hydrogen-bond acceptors (Lipinski definition) is 3. The number of piperazine rings is 1. The molecular weight excluding hydrogens is 457 g/mol. The van der Waals surface area contributed by atoms with Crippen LogP contribution in [0.5, 0.6) is 0 Å². The van der Waals surface area contributed by atoms with Crippen LogP contribution in [0.1, 0.15) is 33.6 Å². The van der Waals surface area contributed by atoms with E-state index in [0.717, 1.165) is 11.1 Å². The lowest BCUT2D eigenvalue weighted by Crippen LogP contribution is -2.50. The van der Waals surface area contributed by atoms with Crippen molar-refractivity contribution in [1.82, 2.24) is 9.80 Å². The number of hydrogen-bond donors (Lipinski definition) is 0. The average molecular weight is 480 g/mol. The second-order valence-electron chi connectivity index (χ2n) is 8.29. The third kappa shape index (κ3) is 5.59. The summed E-state index contributed by atoms with van der Waals surface area (Å²) in [5, 5.41) is 0. The molecule has 3 aromatic rings. The smallest absolute Gasteiger partial charge is 0.254 e. The van der Waals surface area contributed by atoms with E-state index in [2.05, 4.69) is 0 Å². The zero-order valence-electron chi connectivity index (χ0n) is 18.8. The standard InChI is InChI=1S/C27H23F3N2O3/c28-22-16-21(17-23(29)26(22)30)27(35)32-14-12-31(13-15-32)25(34)11-10-24(33)20-8-6-19(7-9-20)18-4-2-1-3-5-18/h1-9,16-17H,10-15H2. The summed E-state index contributed by atoms with van der Waals surface area (Å²) < 4.78 is 40.0. The minimum Gasteiger partial charge on any atom is -0.339 e. The third-order valence-corrected chi connectivity index (χ3v) is 6.03. The van der Waals surface area contributed by atoms with Crippen LogP contribution in [-0.2, 0) is 4.79 Å². The van der Waals surface area contributed by atoms with Crippen molar-refractivity contribution in [3.8, 4) is 11.1 Å². The molecule has 3 aromatic carbocycles. The van der Waals surface area contributed by atoms with Crippen LogP contribution in [0.2, 0.25) is 0 Å². The first-order chi connectivity index (χ1) is 16.8. The summed E-state index contributed by atoms with van der Waals surface area (Å²) in [5.41, 5.74) is 2.29. The number of ketones is 1. The summed E-state index contributed by atoms with van der Waals surface area (Å²) in [5.74, 6) is -5.46. The maximum atomic E-state index is 13.4. The van der Waals surface area contributed by atoms with Crippen LogP contribution in [0.3, 0.4) is 0 Å². The number of nitrogens with zero attached hydrogens (tertiary/aromatic N) is 2. The molecule has 8 heteroatoms. The maximum Gasteiger partial charge on any atom is 0.254 e. The molecule has 0 atom stereocenters. The van der Waals surface area contributed by atoms with E-state index < -0.39 is 23.4 Å². The highest BCUT2D eigenvalue weighted by Gasteiger charge is 2.26. The monoisotopic (exact) mass is 480 g/mol. The molecule has 1 aliphatic heterocycles. The summed E-state index contributed by atoms with van der Waals surface area (Å²) in [6.45, 7) is 0.799. The molecule has 0 bridgehead atoms. The molecule has 2 amide bonds. The van der Waals surface area contributed by atoms with Gasteiger partial charge in [-0.25, -0.2) is 13.2 Å². The van der Waals surface area contributed by atoms with E-state index in [1.807, 2.05) is 42.5 Å². The summed E-state index contributed by atoms with van der Waals surface area (Å²) in [4.78, 5) is 40.5. The van der Waals surface area contributed by atoms with Gasteiger partial charge in [0, 0.05) is 50.1 Å². The Balaban J connectivity index is 1.27. The summed E-state index contributed by atoms with van der Waals surface area (Å²) in [7, 11) is 0. The predicted molar refractivity (Wildman–Crippen MR) is 124 cm³/mol. The van der Waals surface area contributed by atoms with Crippen LogP contribution < -0.4 is 0 Å². The summed E-state index contributed by atoms with van der Waals surface area (Å²) in [6, 6.07) is 18.4. The molecule has 4 rings (SSSR count). The molecule has 180 valence electrons. The fourth-order valence-corrected chi connectivity index (χ4v) is 4.02. The molecule has 1 saturated heterocycles. The molecule has 0 radical (unpaired) electrons. The van der Waals surface area contributed by atoms with Gasteiger partial charge in [-0.15, -0.1) is 0 Å². The normalized spacial score (nSPS) is 13.6. The predicted octanol–water partition coefficient (Wildman–Crippen LogP) is 4.72. The van der Waals surface area contributed by atoms with Gasteiger partial charge in [0.05, 0.1) is 0 Å². The first kappa shape index (κ1) is 24.2. The summed E-state index contributed by atoms with van der Waals surface area (Å²) >= 11 is 0. The van der Waals surface area contributed by atoms with E-state index in [-0.39, 0.29) is 56.3 Å². The van der Waals surface area contributed by atoms with Gasteiger partial charge >= 0.3 is 0 Å². The van der Waals surface area contributed by atoms with Crippen molar-refractivity contribution in [2.24, 2.45) is 0 Å². The molecule has 1 fully saturated rings. The highest BCUT2D eigenvalue weighted by Crippen LogP contribution is 2.20. The lowest BCUT2D eigenvalue weighted by molar-refractivity contribution is -0.132. The van der Waals surface area contributed by atoms with Crippen molar-refractivity contribution in [3.63, 3.8) is 0 Å². The fourth-order valence-electron chi connectivity index (χ4n) is 4.02. The SMILES string of the molecule is O=C(CCC(=O)N1CCN(C(=O)c2cc(F)c(F)c(F)c2)CC1)c1ccc(-c2ccccc2)cc1. The third-order valence-electron chi connectivity index (χ3n) is 6.03. The first-order valence-corrected chi connectivity index (χ1v) is 11.2. The van der Waals surface area contributed by atoms with Gasteiger partial charge in [-0.3, -0.25) is 14.4 Å². The van der Waals surface area contributed by atoms with Gasteiger partial charge in [0.15, 0.2) is 23.2 Å². The Morgan fingerprint density at radius 1 is 0.657 bits per heavy atom. The molecule has 0 saturated carbocycles. The van der Waals surface area contributed by atoms with Crippen LogP contribution in [0, 0.1) is 17.5 Å². The van der Waals surface area contributed by atoms with Crippen molar-refractivity contribution in [2.75, 3.05) is 26.2 Å². The van der Waals surface area contributed by atoms with Gasteiger partial charge < -0.3 is 9.80 Å². The van der Waals surface area contributed by atoms with Gasteiger partial charge in [0.25, 0.3) is 5.91 Å². The van der Waals surface area contributed by atoms with E-state index >= 15 is 0 Å². The zero-order valence-corrected chi connectivity index (χ0v) is 18.8. The number of Topliss-reactive ketones (excluding diaryl/α,β-unsaturated/α-hetero) is 1. The Labute approximate surface area is 200 Å². The highest BCUT2D eigenvalue weighted by atomic mass is 19.2. The topological polar surface area (TPSA) is 57.7 Å². The molecular formula is C27H23F3N2O3. The van der Waals surface area contributed by atoms with Crippen LogP contribution in [-0.4, -0.2) is 53.6 Å². The van der Waals surface area contributed by atoms with E-state index in [0.29, 0.717) is 17.7 Å². The Morgan fingerprint density at radius 3 is 1.80 bits per heavy atom. The van der Waals surface area contributed by atoms with Crippen molar-refractivity contribution in [2.45, 2.75) is 12.8 Å². The maximum absolute atomic E-state index is 13.4. The highest BCUT2D eigenvalue weighted by molar-refractivity contribution is 5.98. The molecule has 35 heavy (non-hydrogen) atoms. The van der Waals surface area contributed by atoms with Crippen LogP contribution in [0.4, 0.5) is 13.2 Å². The Morgan fingerprint density at radius 2 is 1.20 bits per heavy atom. The van der Waals surface area contributed by atoms with Gasteiger partial charge in [-0.05, 0) is 23.3 Å². The lowest BCUT2D eigenvalue weighted by atomic mass is 10.0. The molecule has 1 aliphatic rings. The van der Waals surface area contributed by atoms with Crippen LogP contribution in [0.15, 0.2) is 66.7 Å². The fraction of sp³-hybridized carbons (Fsp3) is 0.222. The molecule has 0 spiro atoms. The second-order valence-corrected chi connectivity index (χ2v) is 8.29. The zero-order chi connectivity index (χ0) is 24.9. The number of rotatable bonds is 6. The number of carbonyl (C=O) groups is 3. The minimum absolute atomic E-state index is 0.0433. The average Bonchev–Trinajstić information content (AvgIpc) is 2.90. The van der Waals surface area contributed by atoms with Crippen molar-refractivity contribution in [3.05, 3.63) is 95.3 Å².